The summed E-state index contributed by atoms with van der Waals surface area (Å²) >= 11 is 0. The number of esters is 3. The van der Waals surface area contributed by atoms with Crippen molar-refractivity contribution in [1.29, 1.82) is 0 Å². The first-order valence-electron chi connectivity index (χ1n) is 31.5. The standard InChI is InChI=1S/C65H112O16P2/c1-4-7-10-13-16-19-22-24-26-27-28-29-30-31-33-35-37-39-42-45-48-51-63(68)75-54-60(66)55-77-82(71,72)78-56-61(67)57-79-83(73,74)80-59-62(81-65(70)53-50-47-44-41-36-21-18-15-12-9-6-3)58-76-64(69)52-49-46-43-40-38-34-32-25-23-20-17-14-11-8-5-2/h7,10,15-16,18-19,24-26,28-29,31-33,37,39,60-62,66-67H,4-6,8-9,11-14,17,20-23,27,30,34-36,38,40-59H2,1-3H3,(H,71,72)(H,73,74)/b10-7-,18-15-,19-16-,26-24-,29-28-,32-25-,33-31-,39-37-. The van der Waals surface area contributed by atoms with E-state index in [0.717, 1.165) is 128 Å². The second-order valence-electron chi connectivity index (χ2n) is 20.8. The molecule has 0 bridgehead atoms. The zero-order valence-electron chi connectivity index (χ0n) is 51.3. The number of rotatable bonds is 59. The van der Waals surface area contributed by atoms with Gasteiger partial charge in [0.05, 0.1) is 26.4 Å². The number of carbonyl (C=O) groups is 3. The smallest absolute Gasteiger partial charge is 0.463 e. The predicted octanol–water partition coefficient (Wildman–Crippen LogP) is 16.7. The van der Waals surface area contributed by atoms with E-state index in [1.165, 1.54) is 51.4 Å². The lowest BCUT2D eigenvalue weighted by Gasteiger charge is -2.21. The summed E-state index contributed by atoms with van der Waals surface area (Å²) in [5.41, 5.74) is 0. The molecule has 16 nitrogen and oxygen atoms in total. The maximum absolute atomic E-state index is 12.8. The lowest BCUT2D eigenvalue weighted by atomic mass is 10.1. The molecule has 0 rings (SSSR count). The van der Waals surface area contributed by atoms with E-state index in [2.05, 4.69) is 118 Å². The molecule has 0 amide bonds. The van der Waals surface area contributed by atoms with Gasteiger partial charge in [0.1, 0.15) is 25.4 Å². The zero-order chi connectivity index (χ0) is 61.0. The van der Waals surface area contributed by atoms with Gasteiger partial charge in [-0.1, -0.05) is 201 Å². The molecule has 478 valence electrons. The van der Waals surface area contributed by atoms with Crippen molar-refractivity contribution < 1.29 is 75.8 Å². The summed E-state index contributed by atoms with van der Waals surface area (Å²) in [5, 5.41) is 20.5. The van der Waals surface area contributed by atoms with Crippen molar-refractivity contribution in [3.8, 4) is 0 Å². The second-order valence-corrected chi connectivity index (χ2v) is 23.7. The summed E-state index contributed by atoms with van der Waals surface area (Å²) in [6.07, 6.45) is 62.0. The molecular formula is C65H112O16P2. The van der Waals surface area contributed by atoms with E-state index >= 15 is 0 Å². The number of allylic oxidation sites excluding steroid dienone is 16. The third kappa shape index (κ3) is 60.0. The Morgan fingerprint density at radius 1 is 0.349 bits per heavy atom. The maximum Gasteiger partial charge on any atom is 0.472 e. The van der Waals surface area contributed by atoms with Crippen LogP contribution >= 0.6 is 15.6 Å². The van der Waals surface area contributed by atoms with E-state index in [-0.39, 0.29) is 19.3 Å². The molecule has 18 heteroatoms. The summed E-state index contributed by atoms with van der Waals surface area (Å²) in [6, 6.07) is 0. The molecule has 0 heterocycles. The number of phosphoric ester groups is 2. The minimum absolute atomic E-state index is 0.0912. The largest absolute Gasteiger partial charge is 0.472 e. The lowest BCUT2D eigenvalue weighted by Crippen LogP contribution is -2.30. The van der Waals surface area contributed by atoms with Gasteiger partial charge in [0.15, 0.2) is 6.10 Å². The number of carbonyl (C=O) groups excluding carboxylic acids is 3. The van der Waals surface area contributed by atoms with Crippen LogP contribution in [0.1, 0.15) is 239 Å². The molecule has 0 spiro atoms. The summed E-state index contributed by atoms with van der Waals surface area (Å²) in [7, 11) is -9.78. The Balaban J connectivity index is 4.64. The van der Waals surface area contributed by atoms with E-state index in [0.29, 0.717) is 19.3 Å². The number of phosphoric acid groups is 2. The molecule has 83 heavy (non-hydrogen) atoms. The fourth-order valence-corrected chi connectivity index (χ4v) is 9.48. The molecule has 0 saturated heterocycles. The third-order valence-electron chi connectivity index (χ3n) is 12.8. The number of hydrogen-bond donors (Lipinski definition) is 4. The Morgan fingerprint density at radius 3 is 1.08 bits per heavy atom. The van der Waals surface area contributed by atoms with Crippen LogP contribution in [0.5, 0.6) is 0 Å². The number of ether oxygens (including phenoxy) is 3. The molecule has 0 fully saturated rings. The van der Waals surface area contributed by atoms with Gasteiger partial charge in [0.2, 0.25) is 0 Å². The van der Waals surface area contributed by atoms with Crippen LogP contribution in [0.15, 0.2) is 97.2 Å². The van der Waals surface area contributed by atoms with E-state index in [1.54, 1.807) is 0 Å². The van der Waals surface area contributed by atoms with Crippen LogP contribution in [-0.4, -0.2) is 95.9 Å². The first-order chi connectivity index (χ1) is 40.2. The monoisotopic (exact) mass is 1210 g/mol. The Kier molecular flexibility index (Phi) is 56.3. The van der Waals surface area contributed by atoms with Crippen LogP contribution in [0.3, 0.4) is 0 Å². The fourth-order valence-electron chi connectivity index (χ4n) is 7.90. The van der Waals surface area contributed by atoms with Crippen LogP contribution in [0.4, 0.5) is 0 Å². The van der Waals surface area contributed by atoms with Crippen LogP contribution in [0.2, 0.25) is 0 Å². The van der Waals surface area contributed by atoms with Crippen molar-refractivity contribution in [2.24, 2.45) is 0 Å². The Hall–Kier alpha value is -3.53. The SMILES string of the molecule is CC/C=C\C/C=C\C/C=C\C/C=C\C/C=C\C/C=C\CCCCC(=O)OCC(O)COP(=O)(O)OCC(O)COP(=O)(O)OCC(COC(=O)CCCCCCC/C=C\CCCCCCCC)OC(=O)CCCCCCC/C=C\CCCC. The molecule has 0 aromatic carbocycles. The minimum Gasteiger partial charge on any atom is -0.463 e. The average Bonchev–Trinajstić information content (AvgIpc) is 3.46. The molecule has 0 aliphatic heterocycles. The van der Waals surface area contributed by atoms with E-state index in [4.69, 9.17) is 32.3 Å². The van der Waals surface area contributed by atoms with Gasteiger partial charge in [-0.3, -0.25) is 32.5 Å². The Morgan fingerprint density at radius 2 is 0.651 bits per heavy atom. The molecule has 5 atom stereocenters. The highest BCUT2D eigenvalue weighted by Gasteiger charge is 2.29. The van der Waals surface area contributed by atoms with Crippen molar-refractivity contribution >= 4 is 33.6 Å². The predicted molar refractivity (Wildman–Crippen MR) is 334 cm³/mol. The summed E-state index contributed by atoms with van der Waals surface area (Å²) in [6.45, 7) is 2.41. The van der Waals surface area contributed by atoms with E-state index < -0.39 is 91.5 Å². The lowest BCUT2D eigenvalue weighted by molar-refractivity contribution is -0.161. The van der Waals surface area contributed by atoms with Crippen molar-refractivity contribution in [1.82, 2.24) is 0 Å². The first-order valence-corrected chi connectivity index (χ1v) is 34.5. The van der Waals surface area contributed by atoms with Gasteiger partial charge < -0.3 is 34.2 Å². The maximum atomic E-state index is 12.8. The van der Waals surface area contributed by atoms with Crippen molar-refractivity contribution in [2.45, 2.75) is 257 Å². The third-order valence-corrected chi connectivity index (χ3v) is 14.7. The molecule has 0 aliphatic carbocycles. The number of unbranched alkanes of at least 4 members (excludes halogenated alkanes) is 20. The number of hydrogen-bond acceptors (Lipinski definition) is 14. The molecule has 0 aliphatic rings. The summed E-state index contributed by atoms with van der Waals surface area (Å²) in [5.74, 6) is -1.64. The minimum atomic E-state index is -4.92. The van der Waals surface area contributed by atoms with Crippen LogP contribution in [-0.2, 0) is 55.8 Å². The van der Waals surface area contributed by atoms with Gasteiger partial charge in [-0.05, 0) is 116 Å². The average molecular weight is 1210 g/mol. The van der Waals surface area contributed by atoms with Gasteiger partial charge in [-0.15, -0.1) is 0 Å². The van der Waals surface area contributed by atoms with Gasteiger partial charge >= 0.3 is 33.6 Å². The highest BCUT2D eigenvalue weighted by atomic mass is 31.2. The second kappa shape index (κ2) is 58.8. The van der Waals surface area contributed by atoms with Gasteiger partial charge in [-0.2, -0.15) is 0 Å². The molecule has 0 saturated carbocycles. The van der Waals surface area contributed by atoms with Gasteiger partial charge in [0, 0.05) is 19.3 Å². The molecule has 5 unspecified atom stereocenters. The van der Waals surface area contributed by atoms with E-state index in [1.807, 2.05) is 0 Å². The molecular weight excluding hydrogens is 1100 g/mol. The molecule has 0 aromatic heterocycles. The van der Waals surface area contributed by atoms with Crippen LogP contribution in [0, 0.1) is 0 Å². The molecule has 0 radical (unpaired) electrons. The van der Waals surface area contributed by atoms with Crippen molar-refractivity contribution in [3.63, 3.8) is 0 Å². The Bertz CT molecular complexity index is 1910. The van der Waals surface area contributed by atoms with Crippen molar-refractivity contribution in [3.05, 3.63) is 97.2 Å². The number of aliphatic hydroxyl groups is 2. The zero-order valence-corrected chi connectivity index (χ0v) is 53.1. The fraction of sp³-hybridized carbons (Fsp3) is 0.708. The van der Waals surface area contributed by atoms with Crippen molar-refractivity contribution in [2.75, 3.05) is 39.6 Å². The molecule has 0 aromatic rings. The van der Waals surface area contributed by atoms with Gasteiger partial charge in [-0.25, -0.2) is 9.13 Å². The molecule has 4 N–H and O–H groups in total. The van der Waals surface area contributed by atoms with Gasteiger partial charge in [0.25, 0.3) is 0 Å². The summed E-state index contributed by atoms with van der Waals surface area (Å²) < 4.78 is 60.6. The van der Waals surface area contributed by atoms with E-state index in [9.17, 15) is 43.5 Å². The number of aliphatic hydroxyl groups excluding tert-OH is 2. The van der Waals surface area contributed by atoms with Crippen LogP contribution in [0.25, 0.3) is 0 Å². The normalized spacial score (nSPS) is 15.0. The highest BCUT2D eigenvalue weighted by molar-refractivity contribution is 7.47. The first kappa shape index (κ1) is 79.5. The quantitative estimate of drug-likeness (QED) is 0.0146. The highest BCUT2D eigenvalue weighted by Crippen LogP contribution is 2.45. The summed E-state index contributed by atoms with van der Waals surface area (Å²) in [4.78, 5) is 58.1. The Labute approximate surface area is 501 Å². The topological polar surface area (TPSA) is 231 Å². The van der Waals surface area contributed by atoms with Crippen LogP contribution < -0.4 is 0 Å².